The average molecular weight is 277 g/mol. The van der Waals surface area contributed by atoms with Crippen LogP contribution in [0, 0.1) is 11.8 Å². The van der Waals surface area contributed by atoms with Gasteiger partial charge in [-0.2, -0.15) is 0 Å². The Morgan fingerprint density at radius 1 is 1.20 bits per heavy atom. The molecule has 3 atom stereocenters. The molecule has 0 radical (unpaired) electrons. The molecule has 0 aliphatic rings. The van der Waals surface area contributed by atoms with E-state index in [4.69, 9.17) is 4.74 Å². The van der Waals surface area contributed by atoms with Crippen LogP contribution >= 0.6 is 0 Å². The van der Waals surface area contributed by atoms with Crippen molar-refractivity contribution in [3.8, 4) is 0 Å². The Hall–Kier alpha value is -1.35. The third-order valence-corrected chi connectivity index (χ3v) is 3.87. The normalized spacial score (nSPS) is 15.4. The van der Waals surface area contributed by atoms with Crippen LogP contribution in [-0.4, -0.2) is 18.6 Å². The number of benzene rings is 1. The van der Waals surface area contributed by atoms with Crippen molar-refractivity contribution < 1.29 is 9.53 Å². The number of carbonyl (C=O) groups is 1. The van der Waals surface area contributed by atoms with Crippen LogP contribution in [0.25, 0.3) is 0 Å². The summed E-state index contributed by atoms with van der Waals surface area (Å²) in [5.41, 5.74) is 1.02. The van der Waals surface area contributed by atoms with Gasteiger partial charge in [-0.3, -0.25) is 4.79 Å². The lowest BCUT2D eigenvalue weighted by molar-refractivity contribution is -0.149. The largest absolute Gasteiger partial charge is 0.461 e. The van der Waals surface area contributed by atoms with Crippen LogP contribution in [0.3, 0.4) is 0 Å². The quantitative estimate of drug-likeness (QED) is 0.740. The van der Waals surface area contributed by atoms with E-state index >= 15 is 0 Å². The number of hydrogen-bond acceptors (Lipinski definition) is 3. The van der Waals surface area contributed by atoms with Crippen LogP contribution < -0.4 is 5.32 Å². The predicted molar refractivity (Wildman–Crippen MR) is 82.3 cm³/mol. The molecule has 3 unspecified atom stereocenters. The lowest BCUT2D eigenvalue weighted by Gasteiger charge is -2.21. The molecule has 112 valence electrons. The summed E-state index contributed by atoms with van der Waals surface area (Å²) in [7, 11) is 0. The third-order valence-electron chi connectivity index (χ3n) is 3.87. The minimum Gasteiger partial charge on any atom is -0.461 e. The zero-order chi connectivity index (χ0) is 15.0. The Kier molecular flexibility index (Phi) is 7.31. The van der Waals surface area contributed by atoms with E-state index < -0.39 is 0 Å². The smallest absolute Gasteiger partial charge is 0.310 e. The highest BCUT2D eigenvalue weighted by molar-refractivity contribution is 5.72. The van der Waals surface area contributed by atoms with Crippen molar-refractivity contribution in [3.05, 3.63) is 35.9 Å². The van der Waals surface area contributed by atoms with E-state index in [-0.39, 0.29) is 11.9 Å². The molecule has 1 aromatic carbocycles. The van der Waals surface area contributed by atoms with Gasteiger partial charge in [0.15, 0.2) is 0 Å². The summed E-state index contributed by atoms with van der Waals surface area (Å²) < 4.78 is 5.33. The molecule has 3 heteroatoms. The highest BCUT2D eigenvalue weighted by atomic mass is 16.5. The van der Waals surface area contributed by atoms with E-state index in [9.17, 15) is 4.79 Å². The number of nitrogens with one attached hydrogen (secondary N) is 1. The molecule has 0 aliphatic heterocycles. The van der Waals surface area contributed by atoms with Crippen LogP contribution in [0.5, 0.6) is 0 Å². The van der Waals surface area contributed by atoms with E-state index in [1.807, 2.05) is 37.3 Å². The number of rotatable bonds is 8. The van der Waals surface area contributed by atoms with E-state index in [0.29, 0.717) is 25.1 Å². The third kappa shape index (κ3) is 5.74. The van der Waals surface area contributed by atoms with E-state index in [0.717, 1.165) is 12.0 Å². The first kappa shape index (κ1) is 16.7. The SMILES string of the molecule is CCC(C)C(C)NCC(C)C(=O)OCc1ccccc1. The minimum atomic E-state index is -0.141. The molecule has 20 heavy (non-hydrogen) atoms. The van der Waals surface area contributed by atoms with E-state index in [2.05, 4.69) is 26.1 Å². The van der Waals surface area contributed by atoms with Crippen LogP contribution in [0.15, 0.2) is 30.3 Å². The van der Waals surface area contributed by atoms with E-state index in [1.54, 1.807) is 0 Å². The van der Waals surface area contributed by atoms with Crippen molar-refractivity contribution in [2.45, 2.75) is 46.8 Å². The monoisotopic (exact) mass is 277 g/mol. The summed E-state index contributed by atoms with van der Waals surface area (Å²) in [6, 6.07) is 10.2. The van der Waals surface area contributed by atoms with Crippen molar-refractivity contribution in [2.75, 3.05) is 6.54 Å². The molecule has 0 aliphatic carbocycles. The maximum absolute atomic E-state index is 11.9. The highest BCUT2D eigenvalue weighted by Crippen LogP contribution is 2.08. The number of esters is 1. The van der Waals surface area contributed by atoms with Gasteiger partial charge in [-0.25, -0.2) is 0 Å². The molecule has 0 spiro atoms. The van der Waals surface area contributed by atoms with Gasteiger partial charge in [-0.15, -0.1) is 0 Å². The molecule has 0 bridgehead atoms. The van der Waals surface area contributed by atoms with Gasteiger partial charge >= 0.3 is 5.97 Å². The van der Waals surface area contributed by atoms with Crippen molar-refractivity contribution in [2.24, 2.45) is 11.8 Å². The predicted octanol–water partition coefficient (Wildman–Crippen LogP) is 3.39. The molecular formula is C17H27NO2. The standard InChI is InChI=1S/C17H27NO2/c1-5-13(2)15(4)18-11-14(3)17(19)20-12-16-9-7-6-8-10-16/h6-10,13-15,18H,5,11-12H2,1-4H3. The summed E-state index contributed by atoms with van der Waals surface area (Å²) >= 11 is 0. The first-order valence-electron chi connectivity index (χ1n) is 7.48. The number of hydrogen-bond donors (Lipinski definition) is 1. The summed E-state index contributed by atoms with van der Waals surface area (Å²) in [6.07, 6.45) is 1.14. The second-order valence-corrected chi connectivity index (χ2v) is 5.58. The zero-order valence-electron chi connectivity index (χ0n) is 13.1. The molecule has 0 saturated carbocycles. The van der Waals surface area contributed by atoms with E-state index in [1.165, 1.54) is 0 Å². The first-order chi connectivity index (χ1) is 9.54. The van der Waals surface area contributed by atoms with Crippen molar-refractivity contribution >= 4 is 5.97 Å². The maximum atomic E-state index is 11.9. The highest BCUT2D eigenvalue weighted by Gasteiger charge is 2.17. The topological polar surface area (TPSA) is 38.3 Å². The Bertz CT molecular complexity index is 391. The molecular weight excluding hydrogens is 250 g/mol. The minimum absolute atomic E-state index is 0.120. The van der Waals surface area contributed by atoms with Gasteiger partial charge in [0.25, 0.3) is 0 Å². The Balaban J connectivity index is 2.29. The van der Waals surface area contributed by atoms with Gasteiger partial charge in [0.05, 0.1) is 5.92 Å². The molecule has 0 amide bonds. The lowest BCUT2D eigenvalue weighted by Crippen LogP contribution is -2.37. The Morgan fingerprint density at radius 3 is 2.45 bits per heavy atom. The summed E-state index contributed by atoms with van der Waals surface area (Å²) in [6.45, 7) is 9.49. The molecule has 0 heterocycles. The summed E-state index contributed by atoms with van der Waals surface area (Å²) in [4.78, 5) is 11.9. The fraction of sp³-hybridized carbons (Fsp3) is 0.588. The molecule has 0 aromatic heterocycles. The summed E-state index contributed by atoms with van der Waals surface area (Å²) in [5, 5.41) is 3.41. The van der Waals surface area contributed by atoms with Gasteiger partial charge in [0.1, 0.15) is 6.61 Å². The van der Waals surface area contributed by atoms with Crippen LogP contribution in [0.2, 0.25) is 0 Å². The van der Waals surface area contributed by atoms with Gasteiger partial charge in [-0.05, 0) is 18.4 Å². The zero-order valence-corrected chi connectivity index (χ0v) is 13.1. The fourth-order valence-corrected chi connectivity index (χ4v) is 1.87. The van der Waals surface area contributed by atoms with Crippen molar-refractivity contribution in [1.82, 2.24) is 5.32 Å². The maximum Gasteiger partial charge on any atom is 0.310 e. The van der Waals surface area contributed by atoms with Gasteiger partial charge in [-0.1, -0.05) is 57.5 Å². The summed E-state index contributed by atoms with van der Waals surface area (Å²) in [5.74, 6) is 0.352. The first-order valence-corrected chi connectivity index (χ1v) is 7.48. The van der Waals surface area contributed by atoms with Crippen LogP contribution in [0.1, 0.15) is 39.7 Å². The van der Waals surface area contributed by atoms with Crippen molar-refractivity contribution in [1.29, 1.82) is 0 Å². The van der Waals surface area contributed by atoms with Crippen LogP contribution in [0.4, 0.5) is 0 Å². The molecule has 0 fully saturated rings. The molecule has 0 saturated heterocycles. The Labute approximate surface area is 122 Å². The van der Waals surface area contributed by atoms with Crippen molar-refractivity contribution in [3.63, 3.8) is 0 Å². The van der Waals surface area contributed by atoms with Crippen LogP contribution in [-0.2, 0) is 16.1 Å². The molecule has 3 nitrogen and oxygen atoms in total. The molecule has 1 aromatic rings. The average Bonchev–Trinajstić information content (AvgIpc) is 2.49. The second-order valence-electron chi connectivity index (χ2n) is 5.58. The Morgan fingerprint density at radius 2 is 1.85 bits per heavy atom. The second kappa shape index (κ2) is 8.75. The number of carbonyl (C=O) groups excluding carboxylic acids is 1. The van der Waals surface area contributed by atoms with Gasteiger partial charge in [0, 0.05) is 12.6 Å². The molecule has 1 rings (SSSR count). The lowest BCUT2D eigenvalue weighted by atomic mass is 10.0. The van der Waals surface area contributed by atoms with Gasteiger partial charge in [0.2, 0.25) is 0 Å². The fourth-order valence-electron chi connectivity index (χ4n) is 1.87. The van der Waals surface area contributed by atoms with Gasteiger partial charge < -0.3 is 10.1 Å². The molecule has 1 N–H and O–H groups in total. The number of ether oxygens (including phenoxy) is 1.